The van der Waals surface area contributed by atoms with E-state index in [4.69, 9.17) is 0 Å². The Morgan fingerprint density at radius 1 is 0.680 bits per heavy atom. The smallest absolute Gasteiger partial charge is 0.0538 e. The fourth-order valence-corrected chi connectivity index (χ4v) is 3.54. The molecular weight excluding hydrogens is 304 g/mol. The molecule has 2 nitrogen and oxygen atoms in total. The Labute approximate surface area is 149 Å². The molecule has 0 atom stereocenters. The molecule has 4 aromatic rings. The zero-order chi connectivity index (χ0) is 17.2. The predicted molar refractivity (Wildman–Crippen MR) is 106 cm³/mol. The molecule has 0 fully saturated rings. The van der Waals surface area contributed by atoms with Gasteiger partial charge in [-0.25, -0.2) is 0 Å². The number of aromatic nitrogens is 1. The normalized spacial score (nSPS) is 11.3. The molecule has 0 aliphatic rings. The van der Waals surface area contributed by atoms with Crippen LogP contribution in [0, 0.1) is 0 Å². The van der Waals surface area contributed by atoms with Gasteiger partial charge in [-0.05, 0) is 37.4 Å². The third kappa shape index (κ3) is 2.86. The van der Waals surface area contributed by atoms with Crippen molar-refractivity contribution in [3.8, 4) is 22.3 Å². The maximum Gasteiger partial charge on any atom is 0.0538 e. The first kappa shape index (κ1) is 15.7. The Kier molecular flexibility index (Phi) is 4.12. The van der Waals surface area contributed by atoms with Crippen molar-refractivity contribution in [2.24, 2.45) is 0 Å². The summed E-state index contributed by atoms with van der Waals surface area (Å²) >= 11 is 0. The zero-order valence-electron chi connectivity index (χ0n) is 14.7. The van der Waals surface area contributed by atoms with E-state index in [2.05, 4.69) is 108 Å². The van der Waals surface area contributed by atoms with Crippen molar-refractivity contribution >= 4 is 5.52 Å². The molecule has 4 rings (SSSR count). The van der Waals surface area contributed by atoms with E-state index in [1.165, 1.54) is 33.5 Å². The summed E-state index contributed by atoms with van der Waals surface area (Å²) in [6.45, 7) is 0.891. The van der Waals surface area contributed by atoms with Gasteiger partial charge in [-0.3, -0.25) is 0 Å². The minimum absolute atomic E-state index is 0.891. The van der Waals surface area contributed by atoms with Crippen LogP contribution in [0.2, 0.25) is 0 Å². The molecule has 0 aliphatic carbocycles. The first-order valence-corrected chi connectivity index (χ1v) is 8.63. The van der Waals surface area contributed by atoms with E-state index in [1.54, 1.807) is 0 Å². The summed E-state index contributed by atoms with van der Waals surface area (Å²) in [7, 11) is 4.25. The number of nitrogens with zero attached hydrogens (tertiary/aromatic N) is 2. The number of hydrogen-bond acceptors (Lipinski definition) is 1. The molecule has 25 heavy (non-hydrogen) atoms. The SMILES string of the molecule is CN(C)Cc1c(-c2ccccc2)c(-c2ccccc2)c2ccccn12. The quantitative estimate of drug-likeness (QED) is 0.491. The molecule has 2 heterocycles. The molecule has 0 radical (unpaired) electrons. The number of rotatable bonds is 4. The maximum absolute atomic E-state index is 2.34. The average Bonchev–Trinajstić information content (AvgIpc) is 2.97. The van der Waals surface area contributed by atoms with Gasteiger partial charge in [0.2, 0.25) is 0 Å². The molecule has 0 saturated heterocycles. The van der Waals surface area contributed by atoms with Gasteiger partial charge in [-0.2, -0.15) is 0 Å². The summed E-state index contributed by atoms with van der Waals surface area (Å²) in [5.41, 5.74) is 7.74. The van der Waals surface area contributed by atoms with Crippen LogP contribution in [0.1, 0.15) is 5.69 Å². The van der Waals surface area contributed by atoms with E-state index in [0.717, 1.165) is 6.54 Å². The first-order chi connectivity index (χ1) is 12.3. The standard InChI is InChI=1S/C23H22N2/c1-24(2)17-21-23(19-13-7-4-8-14-19)22(18-11-5-3-6-12-18)20-15-9-10-16-25(20)21/h3-16H,17H2,1-2H3. The van der Waals surface area contributed by atoms with Crippen LogP contribution in [0.25, 0.3) is 27.8 Å². The summed E-state index contributed by atoms with van der Waals surface area (Å²) < 4.78 is 2.34. The Morgan fingerprint density at radius 2 is 1.24 bits per heavy atom. The summed E-state index contributed by atoms with van der Waals surface area (Å²) in [5, 5.41) is 0. The molecule has 0 bridgehead atoms. The van der Waals surface area contributed by atoms with Gasteiger partial charge in [0.25, 0.3) is 0 Å². The molecule has 0 unspecified atom stereocenters. The lowest BCUT2D eigenvalue weighted by molar-refractivity contribution is 0.396. The first-order valence-electron chi connectivity index (χ1n) is 8.63. The van der Waals surface area contributed by atoms with E-state index < -0.39 is 0 Å². The molecule has 0 amide bonds. The molecule has 0 aliphatic heterocycles. The third-order valence-corrected chi connectivity index (χ3v) is 4.54. The number of benzene rings is 2. The van der Waals surface area contributed by atoms with Crippen LogP contribution < -0.4 is 0 Å². The Balaban J connectivity index is 2.12. The molecule has 2 aromatic heterocycles. The minimum Gasteiger partial charge on any atom is -0.318 e. The van der Waals surface area contributed by atoms with E-state index >= 15 is 0 Å². The molecular formula is C23H22N2. The van der Waals surface area contributed by atoms with Gasteiger partial charge >= 0.3 is 0 Å². The van der Waals surface area contributed by atoms with E-state index in [1.807, 2.05) is 0 Å². The van der Waals surface area contributed by atoms with Crippen LogP contribution in [0.5, 0.6) is 0 Å². The van der Waals surface area contributed by atoms with Crippen molar-refractivity contribution < 1.29 is 0 Å². The summed E-state index contributed by atoms with van der Waals surface area (Å²) in [4.78, 5) is 2.23. The maximum atomic E-state index is 2.34. The van der Waals surface area contributed by atoms with E-state index in [-0.39, 0.29) is 0 Å². The molecule has 0 spiro atoms. The fourth-order valence-electron chi connectivity index (χ4n) is 3.54. The second-order valence-corrected chi connectivity index (χ2v) is 6.62. The molecule has 0 saturated carbocycles. The third-order valence-electron chi connectivity index (χ3n) is 4.54. The van der Waals surface area contributed by atoms with Crippen molar-refractivity contribution in [1.82, 2.24) is 9.30 Å². The Morgan fingerprint density at radius 3 is 1.84 bits per heavy atom. The minimum atomic E-state index is 0.891. The van der Waals surface area contributed by atoms with E-state index in [0.29, 0.717) is 0 Å². The van der Waals surface area contributed by atoms with Crippen LogP contribution in [0.3, 0.4) is 0 Å². The lowest BCUT2D eigenvalue weighted by atomic mass is 9.95. The fraction of sp³-hybridized carbons (Fsp3) is 0.130. The molecule has 2 aromatic carbocycles. The zero-order valence-corrected chi connectivity index (χ0v) is 14.7. The second kappa shape index (κ2) is 6.58. The highest BCUT2D eigenvalue weighted by atomic mass is 15.1. The highest BCUT2D eigenvalue weighted by Gasteiger charge is 2.20. The Hall–Kier alpha value is -2.84. The highest BCUT2D eigenvalue weighted by molar-refractivity contribution is 5.96. The summed E-state index contributed by atoms with van der Waals surface area (Å²) in [5.74, 6) is 0. The van der Waals surface area contributed by atoms with Crippen molar-refractivity contribution in [3.05, 3.63) is 90.8 Å². The summed E-state index contributed by atoms with van der Waals surface area (Å²) in [6.07, 6.45) is 2.17. The van der Waals surface area contributed by atoms with Gasteiger partial charge in [-0.15, -0.1) is 0 Å². The second-order valence-electron chi connectivity index (χ2n) is 6.62. The topological polar surface area (TPSA) is 7.65 Å². The van der Waals surface area contributed by atoms with Crippen molar-refractivity contribution in [3.63, 3.8) is 0 Å². The van der Waals surface area contributed by atoms with Crippen LogP contribution in [-0.2, 0) is 6.54 Å². The van der Waals surface area contributed by atoms with Crippen molar-refractivity contribution in [2.45, 2.75) is 6.54 Å². The largest absolute Gasteiger partial charge is 0.318 e. The number of hydrogen-bond donors (Lipinski definition) is 0. The monoisotopic (exact) mass is 326 g/mol. The lowest BCUT2D eigenvalue weighted by Crippen LogP contribution is -2.13. The predicted octanol–water partition coefficient (Wildman–Crippen LogP) is 5.33. The lowest BCUT2D eigenvalue weighted by Gasteiger charge is -2.13. The van der Waals surface area contributed by atoms with Gasteiger partial charge in [0.1, 0.15) is 0 Å². The van der Waals surface area contributed by atoms with Gasteiger partial charge in [0.05, 0.1) is 5.52 Å². The average molecular weight is 326 g/mol. The highest BCUT2D eigenvalue weighted by Crippen LogP contribution is 2.40. The van der Waals surface area contributed by atoms with Gasteiger partial charge in [-0.1, -0.05) is 66.7 Å². The van der Waals surface area contributed by atoms with Gasteiger partial charge in [0.15, 0.2) is 0 Å². The van der Waals surface area contributed by atoms with Crippen LogP contribution >= 0.6 is 0 Å². The van der Waals surface area contributed by atoms with E-state index in [9.17, 15) is 0 Å². The van der Waals surface area contributed by atoms with Crippen LogP contribution in [-0.4, -0.2) is 23.4 Å². The molecule has 0 N–H and O–H groups in total. The van der Waals surface area contributed by atoms with Crippen LogP contribution in [0.15, 0.2) is 85.1 Å². The van der Waals surface area contributed by atoms with Crippen LogP contribution in [0.4, 0.5) is 0 Å². The summed E-state index contributed by atoms with van der Waals surface area (Å²) in [6, 6.07) is 27.9. The number of fused-ring (bicyclic) bond motifs is 1. The van der Waals surface area contributed by atoms with Gasteiger partial charge in [0, 0.05) is 29.6 Å². The van der Waals surface area contributed by atoms with Crippen molar-refractivity contribution in [1.29, 1.82) is 0 Å². The van der Waals surface area contributed by atoms with Crippen molar-refractivity contribution in [2.75, 3.05) is 14.1 Å². The number of pyridine rings is 1. The molecule has 2 heteroatoms. The Bertz CT molecular complexity index is 983. The van der Waals surface area contributed by atoms with Gasteiger partial charge < -0.3 is 9.30 Å². The molecule has 124 valence electrons.